The number of aromatic nitrogens is 8. The van der Waals surface area contributed by atoms with Crippen LogP contribution >= 0.6 is 12.7 Å². The van der Waals surface area contributed by atoms with Crippen molar-refractivity contribution in [1.82, 2.24) is 39.0 Å². The van der Waals surface area contributed by atoms with Gasteiger partial charge in [0.05, 0.1) is 25.9 Å². The maximum Gasteiger partial charge on any atom is 0.280 e. The van der Waals surface area contributed by atoms with E-state index >= 15 is 0 Å². The maximum atomic E-state index is 12.5. The number of aromatic amines is 2. The number of hydrogen-bond acceptors (Lipinski definition) is 18. The van der Waals surface area contributed by atoms with Crippen molar-refractivity contribution >= 4 is 85.7 Å². The fourth-order valence-corrected chi connectivity index (χ4v) is 8.53. The molecule has 0 amide bonds. The third kappa shape index (κ3) is 6.00. The van der Waals surface area contributed by atoms with Crippen molar-refractivity contribution in [2.24, 2.45) is 0 Å². The number of H-pyrrole nitrogens is 2. The Morgan fingerprint density at radius 2 is 1.36 bits per heavy atom. The summed E-state index contributed by atoms with van der Waals surface area (Å²) < 4.78 is 38.4. The molecule has 20 nitrogen and oxygen atoms in total. The van der Waals surface area contributed by atoms with Crippen molar-refractivity contribution in [3.8, 4) is 0 Å². The first-order valence-electron chi connectivity index (χ1n) is 13.7. The highest BCUT2D eigenvalue weighted by atomic mass is 32.5. The topological polar surface area (TPSA) is 261 Å². The summed E-state index contributed by atoms with van der Waals surface area (Å²) in [7, 11) is 14.2. The minimum atomic E-state index is -3.68. The molecule has 7 heterocycles. The Bertz CT molecular complexity index is 2080. The number of aliphatic hydroxyl groups excluding tert-OH is 2. The Balaban J connectivity index is 1.17. The second-order valence-corrected chi connectivity index (χ2v) is 16.8. The summed E-state index contributed by atoms with van der Waals surface area (Å²) in [6.07, 6.45) is -14.8. The molecular formula is C21H24B2N10O10P2S2. The normalized spacial score (nSPS) is 36.5. The molecule has 0 spiro atoms. The van der Waals surface area contributed by atoms with Crippen LogP contribution < -0.4 is 22.2 Å². The van der Waals surface area contributed by atoms with Crippen LogP contribution in [0.3, 0.4) is 0 Å². The fourth-order valence-electron chi connectivity index (χ4n) is 5.54. The predicted octanol–water partition coefficient (Wildman–Crippen LogP) is -2.00. The van der Waals surface area contributed by atoms with E-state index in [2.05, 4.69) is 35.2 Å². The van der Waals surface area contributed by atoms with Gasteiger partial charge in [0.2, 0.25) is 11.9 Å². The molecule has 0 saturated carbocycles. The van der Waals surface area contributed by atoms with E-state index in [1.165, 1.54) is 21.8 Å². The largest absolute Gasteiger partial charge is 0.386 e. The Kier molecular flexibility index (Phi) is 8.46. The summed E-state index contributed by atoms with van der Waals surface area (Å²) in [6.45, 7) is -0.757. The minimum absolute atomic E-state index is 0.000800. The third-order valence-corrected chi connectivity index (χ3v) is 10.9. The lowest BCUT2D eigenvalue weighted by atomic mass is 10.1. The number of imidazole rings is 2. The van der Waals surface area contributed by atoms with Crippen LogP contribution in [0.15, 0.2) is 22.2 Å². The van der Waals surface area contributed by atoms with Crippen molar-refractivity contribution in [3.05, 3.63) is 33.4 Å². The van der Waals surface area contributed by atoms with Crippen molar-refractivity contribution in [1.29, 1.82) is 0 Å². The minimum Gasteiger partial charge on any atom is -0.386 e. The van der Waals surface area contributed by atoms with Gasteiger partial charge in [-0.25, -0.2) is 9.97 Å². The molecule has 4 aromatic heterocycles. The van der Waals surface area contributed by atoms with Crippen molar-refractivity contribution < 1.29 is 37.8 Å². The molecular weight excluding hydrogens is 700 g/mol. The number of ether oxygens (including phenoxy) is 2. The first-order valence-corrected chi connectivity index (χ1v) is 19.1. The first-order chi connectivity index (χ1) is 22.2. The Labute approximate surface area is 275 Å². The Morgan fingerprint density at radius 1 is 0.894 bits per heavy atom. The molecule has 7 N–H and O–H groups in total. The van der Waals surface area contributed by atoms with Gasteiger partial charge in [-0.1, -0.05) is 0 Å². The van der Waals surface area contributed by atoms with Crippen LogP contribution in [0.5, 0.6) is 0 Å². The van der Waals surface area contributed by atoms with E-state index in [0.717, 1.165) is 0 Å². The molecule has 246 valence electrons. The highest BCUT2D eigenvalue weighted by molar-refractivity contribution is 8.21. The van der Waals surface area contributed by atoms with Crippen molar-refractivity contribution in [2.75, 3.05) is 31.3 Å². The van der Waals surface area contributed by atoms with Gasteiger partial charge in [-0.3, -0.25) is 28.7 Å². The zero-order valence-electron chi connectivity index (χ0n) is 24.0. The molecule has 0 aromatic carbocycles. The van der Waals surface area contributed by atoms with Crippen LogP contribution in [0, 0.1) is 0 Å². The lowest BCUT2D eigenvalue weighted by molar-refractivity contribution is -0.0530. The van der Waals surface area contributed by atoms with Gasteiger partial charge in [-0.15, -0.1) is 0 Å². The second-order valence-electron chi connectivity index (χ2n) is 10.7. The molecule has 3 saturated heterocycles. The molecule has 3 aliphatic heterocycles. The molecule has 7 rings (SSSR count). The third-order valence-electron chi connectivity index (χ3n) is 7.66. The molecule has 3 fully saturated rings. The van der Waals surface area contributed by atoms with Gasteiger partial charge in [0, 0.05) is 7.05 Å². The summed E-state index contributed by atoms with van der Waals surface area (Å²) >= 11 is 11.0. The van der Waals surface area contributed by atoms with Crippen LogP contribution in [0.4, 0.5) is 11.9 Å². The van der Waals surface area contributed by atoms with Gasteiger partial charge >= 0.3 is 0 Å². The van der Waals surface area contributed by atoms with Crippen LogP contribution in [-0.4, -0.2) is 121 Å². The second kappa shape index (κ2) is 12.1. The van der Waals surface area contributed by atoms with E-state index < -0.39 is 72.9 Å². The molecule has 26 heteroatoms. The van der Waals surface area contributed by atoms with Crippen LogP contribution in [-0.2, 0) is 51.2 Å². The number of nitrogens with two attached hydrogens (primary N) is 1. The van der Waals surface area contributed by atoms with Crippen molar-refractivity contribution in [3.63, 3.8) is 0 Å². The number of nitrogen functional groups attached to an aromatic ring is 1. The summed E-state index contributed by atoms with van der Waals surface area (Å²) in [5, 5.41) is 25.5. The zero-order chi connectivity index (χ0) is 33.4. The van der Waals surface area contributed by atoms with Crippen LogP contribution in [0.25, 0.3) is 22.3 Å². The van der Waals surface area contributed by atoms with E-state index in [4.69, 9.17) is 72.0 Å². The van der Waals surface area contributed by atoms with Gasteiger partial charge in [-0.2, -0.15) is 9.97 Å². The summed E-state index contributed by atoms with van der Waals surface area (Å²) in [6, 6.07) is 0. The van der Waals surface area contributed by atoms with Gasteiger partial charge in [-0.05, 0) is 23.6 Å². The van der Waals surface area contributed by atoms with E-state index in [9.17, 15) is 19.8 Å². The smallest absolute Gasteiger partial charge is 0.280 e. The standard InChI is InChI=1S/C21H24B2N10O10P2S2/c1-25-21-29-15-9(17(37)31-21)27-5-33(15)19-11(35)13-7(41-19)3-39-44(22,46)42-12-6(2-38-45(23,47)43-13)40-18(10(12)34)32-4-26-8-14(32)28-20(24)30-16(8)36/h4-7,10-13,18-19,34-35H,2-3H2,1H3,(H3,24,28,30,36)(H2,25,29,31,37). The lowest BCUT2D eigenvalue weighted by Crippen LogP contribution is -2.39. The van der Waals surface area contributed by atoms with E-state index in [1.807, 2.05) is 0 Å². The number of anilines is 2. The number of nitrogens with one attached hydrogen (secondary N) is 3. The van der Waals surface area contributed by atoms with Crippen LogP contribution in [0.1, 0.15) is 12.5 Å². The molecule has 3 aliphatic rings. The fraction of sp³-hybridized carbons (Fsp3) is 0.524. The molecule has 0 bridgehead atoms. The molecule has 0 aliphatic carbocycles. The number of nitrogens with zero attached hydrogens (tertiary/aromatic N) is 6. The number of rotatable bonds is 3. The van der Waals surface area contributed by atoms with Gasteiger partial charge < -0.3 is 48.8 Å². The molecule has 4 aromatic rings. The number of aliphatic hydroxyl groups is 2. The highest BCUT2D eigenvalue weighted by Crippen LogP contribution is 2.53. The average molecular weight is 724 g/mol. The van der Waals surface area contributed by atoms with E-state index in [-0.39, 0.29) is 47.4 Å². The zero-order valence-corrected chi connectivity index (χ0v) is 27.4. The average Bonchev–Trinajstić information content (AvgIpc) is 3.76. The highest BCUT2D eigenvalue weighted by Gasteiger charge is 2.51. The van der Waals surface area contributed by atoms with Gasteiger partial charge in [0.25, 0.3) is 11.1 Å². The Hall–Kier alpha value is -2.59. The van der Waals surface area contributed by atoms with E-state index in [0.29, 0.717) is 0 Å². The molecule has 10 atom stereocenters. The van der Waals surface area contributed by atoms with E-state index in [1.54, 1.807) is 7.05 Å². The summed E-state index contributed by atoms with van der Waals surface area (Å²) in [5.41, 5.74) is 4.70. The van der Waals surface area contributed by atoms with Gasteiger partial charge in [0.1, 0.15) is 49.4 Å². The monoisotopic (exact) mass is 724 g/mol. The SMILES string of the molecule is [B]P1(=S)OCC2OC(n3cnc4c(=O)[nH]c(NC)nc43)C(O)C2OP([B])(=S)OCC2OC(n3cnc4c(=O)[nH]c(N)nc43)C(O)C2O1. The quantitative estimate of drug-likeness (QED) is 0.0986. The summed E-state index contributed by atoms with van der Waals surface area (Å²) in [4.78, 5) is 46.3. The molecule has 47 heavy (non-hydrogen) atoms. The predicted molar refractivity (Wildman–Crippen MR) is 172 cm³/mol. The van der Waals surface area contributed by atoms with Crippen molar-refractivity contribution in [2.45, 2.75) is 49.1 Å². The maximum absolute atomic E-state index is 12.5. The van der Waals surface area contributed by atoms with Gasteiger partial charge in [0.15, 0.2) is 49.9 Å². The van der Waals surface area contributed by atoms with Crippen LogP contribution in [0.2, 0.25) is 0 Å². The number of fused-ring (bicyclic) bond motifs is 4. The lowest BCUT2D eigenvalue weighted by Gasteiger charge is -2.33. The molecule has 10 unspecified atom stereocenters. The first kappa shape index (κ1) is 32.9. The number of hydrogen-bond donors (Lipinski definition) is 6. The summed E-state index contributed by atoms with van der Waals surface area (Å²) in [5.74, 6) is -0.0252. The Morgan fingerprint density at radius 3 is 1.85 bits per heavy atom. The molecule has 4 radical (unpaired) electrons.